The van der Waals surface area contributed by atoms with E-state index in [4.69, 9.17) is 25.8 Å². The minimum atomic E-state index is -0.272. The molecule has 1 saturated heterocycles. The van der Waals surface area contributed by atoms with Crippen molar-refractivity contribution in [2.75, 3.05) is 32.8 Å². The highest BCUT2D eigenvalue weighted by atomic mass is 35.5. The molecule has 1 aliphatic rings. The van der Waals surface area contributed by atoms with Crippen LogP contribution in [0.15, 0.2) is 109 Å². The predicted molar refractivity (Wildman–Crippen MR) is 199 cm³/mol. The number of pyridine rings is 1. The molecule has 0 N–H and O–H groups in total. The number of hydrogen-bond acceptors (Lipinski definition) is 6. The SMILES string of the molecule is Cc1ccc(COc2ccc(Oc3cc(Cl)c(C=CC(=O)N4CCN(Cc5ccc(CCOc6ccc(F)cc6)cc5)CC4)cc3C)nc2)cc1. The fourth-order valence-electron chi connectivity index (χ4n) is 5.68. The van der Waals surface area contributed by atoms with Gasteiger partial charge in [0.1, 0.15) is 29.7 Å². The van der Waals surface area contributed by atoms with E-state index >= 15 is 0 Å². The number of aromatic nitrogens is 1. The topological polar surface area (TPSA) is 64.1 Å². The largest absolute Gasteiger partial charge is 0.493 e. The Morgan fingerprint density at radius 1 is 0.824 bits per heavy atom. The van der Waals surface area contributed by atoms with Crippen molar-refractivity contribution in [1.82, 2.24) is 14.8 Å². The van der Waals surface area contributed by atoms with Crippen LogP contribution in [-0.2, 0) is 24.4 Å². The number of halogens is 2. The van der Waals surface area contributed by atoms with Gasteiger partial charge in [-0.25, -0.2) is 9.37 Å². The smallest absolute Gasteiger partial charge is 0.246 e. The van der Waals surface area contributed by atoms with Crippen LogP contribution in [0.5, 0.6) is 23.1 Å². The summed E-state index contributed by atoms with van der Waals surface area (Å²) < 4.78 is 30.7. The van der Waals surface area contributed by atoms with Crippen molar-refractivity contribution in [3.63, 3.8) is 0 Å². The van der Waals surface area contributed by atoms with Gasteiger partial charge in [-0.3, -0.25) is 9.69 Å². The predicted octanol–water partition coefficient (Wildman–Crippen LogP) is 8.84. The first-order valence-corrected chi connectivity index (χ1v) is 17.4. The molecule has 7 nitrogen and oxygen atoms in total. The molecule has 1 fully saturated rings. The van der Waals surface area contributed by atoms with Crippen molar-refractivity contribution < 1.29 is 23.4 Å². The van der Waals surface area contributed by atoms with Crippen LogP contribution in [0.4, 0.5) is 4.39 Å². The molecule has 51 heavy (non-hydrogen) atoms. The van der Waals surface area contributed by atoms with Crippen molar-refractivity contribution >= 4 is 23.6 Å². The molecule has 2 heterocycles. The Hall–Kier alpha value is -5.18. The third-order valence-electron chi connectivity index (χ3n) is 8.74. The monoisotopic (exact) mass is 705 g/mol. The average molecular weight is 706 g/mol. The molecule has 5 aromatic rings. The van der Waals surface area contributed by atoms with Gasteiger partial charge in [-0.05, 0) is 84.1 Å². The van der Waals surface area contributed by atoms with Crippen LogP contribution in [0.3, 0.4) is 0 Å². The quantitative estimate of drug-likeness (QED) is 0.114. The molecule has 0 atom stereocenters. The van der Waals surface area contributed by atoms with Crippen LogP contribution in [0.25, 0.3) is 6.08 Å². The maximum Gasteiger partial charge on any atom is 0.246 e. The molecule has 1 amide bonds. The highest BCUT2D eigenvalue weighted by Gasteiger charge is 2.20. The number of nitrogens with zero attached hydrogens (tertiary/aromatic N) is 3. The van der Waals surface area contributed by atoms with Gasteiger partial charge in [0, 0.05) is 57.4 Å². The molecular weight excluding hydrogens is 665 g/mol. The lowest BCUT2D eigenvalue weighted by atomic mass is 10.1. The molecule has 0 spiro atoms. The Kier molecular flexibility index (Phi) is 12.0. The van der Waals surface area contributed by atoms with Gasteiger partial charge < -0.3 is 19.1 Å². The van der Waals surface area contributed by atoms with E-state index in [1.807, 2.05) is 36.1 Å². The summed E-state index contributed by atoms with van der Waals surface area (Å²) in [5.41, 5.74) is 6.32. The molecule has 0 unspecified atom stereocenters. The minimum Gasteiger partial charge on any atom is -0.493 e. The van der Waals surface area contributed by atoms with E-state index < -0.39 is 0 Å². The lowest BCUT2D eigenvalue weighted by molar-refractivity contribution is -0.127. The summed E-state index contributed by atoms with van der Waals surface area (Å²) in [6.07, 6.45) is 5.76. The second-order valence-electron chi connectivity index (χ2n) is 12.7. The first-order chi connectivity index (χ1) is 24.8. The maximum absolute atomic E-state index is 13.1. The fraction of sp³-hybridized carbons (Fsp3) is 0.238. The number of carbonyl (C=O) groups is 1. The zero-order chi connectivity index (χ0) is 35.6. The normalized spacial score (nSPS) is 13.4. The van der Waals surface area contributed by atoms with E-state index in [1.54, 1.807) is 42.6 Å². The van der Waals surface area contributed by atoms with Crippen molar-refractivity contribution in [3.8, 4) is 23.1 Å². The Labute approximate surface area is 303 Å². The average Bonchev–Trinajstić information content (AvgIpc) is 3.14. The molecule has 1 aliphatic heterocycles. The number of amides is 1. The number of benzene rings is 4. The van der Waals surface area contributed by atoms with Gasteiger partial charge in [0.15, 0.2) is 0 Å². The van der Waals surface area contributed by atoms with E-state index in [1.165, 1.54) is 28.8 Å². The van der Waals surface area contributed by atoms with Gasteiger partial charge in [0.25, 0.3) is 0 Å². The summed E-state index contributed by atoms with van der Waals surface area (Å²) >= 11 is 6.61. The molecule has 6 rings (SSSR count). The molecule has 0 radical (unpaired) electrons. The van der Waals surface area contributed by atoms with Crippen molar-refractivity contribution in [2.24, 2.45) is 0 Å². The Bertz CT molecular complexity index is 1920. The van der Waals surface area contributed by atoms with Crippen LogP contribution in [0.1, 0.15) is 33.4 Å². The van der Waals surface area contributed by atoms with Crippen LogP contribution in [-0.4, -0.2) is 53.5 Å². The first kappa shape index (κ1) is 35.6. The van der Waals surface area contributed by atoms with Crippen molar-refractivity contribution in [1.29, 1.82) is 0 Å². The molecule has 4 aromatic carbocycles. The van der Waals surface area contributed by atoms with Gasteiger partial charge in [-0.15, -0.1) is 0 Å². The zero-order valence-electron chi connectivity index (χ0n) is 28.9. The second-order valence-corrected chi connectivity index (χ2v) is 13.1. The standard InChI is InChI=1S/C42H41ClFN3O4/c1-30-3-5-34(6-4-30)29-50-38-16-17-41(45-27-38)51-40-26-39(43)35(25-31(40)2)11-18-42(48)47-22-20-46(21-23-47)28-33-9-7-32(8-10-33)19-24-49-37-14-12-36(44)13-15-37/h3-18,25-27H,19-24,28-29H2,1-2H3. The fourth-order valence-corrected chi connectivity index (χ4v) is 5.90. The molecule has 0 bridgehead atoms. The number of carbonyl (C=O) groups excluding carboxylic acids is 1. The number of ether oxygens (including phenoxy) is 3. The summed E-state index contributed by atoms with van der Waals surface area (Å²) in [5.74, 6) is 2.02. The van der Waals surface area contributed by atoms with Crippen LogP contribution in [0.2, 0.25) is 5.02 Å². The van der Waals surface area contributed by atoms with E-state index in [-0.39, 0.29) is 11.7 Å². The van der Waals surface area contributed by atoms with E-state index in [2.05, 4.69) is 53.2 Å². The highest BCUT2D eigenvalue weighted by molar-refractivity contribution is 6.32. The molecule has 1 aromatic heterocycles. The van der Waals surface area contributed by atoms with Gasteiger partial charge >= 0.3 is 0 Å². The third-order valence-corrected chi connectivity index (χ3v) is 9.06. The lowest BCUT2D eigenvalue weighted by Gasteiger charge is -2.34. The van der Waals surface area contributed by atoms with Gasteiger partial charge in [-0.2, -0.15) is 0 Å². The minimum absolute atomic E-state index is 0.0372. The van der Waals surface area contributed by atoms with E-state index in [0.717, 1.165) is 42.7 Å². The van der Waals surface area contributed by atoms with Gasteiger partial charge in [-0.1, -0.05) is 65.7 Å². The maximum atomic E-state index is 13.1. The van der Waals surface area contributed by atoms with Crippen LogP contribution < -0.4 is 14.2 Å². The number of rotatable bonds is 13. The van der Waals surface area contributed by atoms with Gasteiger partial charge in [0.05, 0.1) is 17.8 Å². The Morgan fingerprint density at radius 2 is 1.51 bits per heavy atom. The summed E-state index contributed by atoms with van der Waals surface area (Å²) in [6, 6.07) is 30.1. The molecule has 0 aliphatic carbocycles. The molecule has 0 saturated carbocycles. The van der Waals surface area contributed by atoms with Crippen molar-refractivity contribution in [3.05, 3.63) is 154 Å². The van der Waals surface area contributed by atoms with Crippen molar-refractivity contribution in [2.45, 2.75) is 33.4 Å². The lowest BCUT2D eigenvalue weighted by Crippen LogP contribution is -2.47. The number of piperazine rings is 1. The first-order valence-electron chi connectivity index (χ1n) is 17.1. The number of hydrogen-bond donors (Lipinski definition) is 0. The summed E-state index contributed by atoms with van der Waals surface area (Å²) in [7, 11) is 0. The van der Waals surface area contributed by atoms with Gasteiger partial charge in [0.2, 0.25) is 11.8 Å². The molecule has 262 valence electrons. The molecular formula is C42H41ClFN3O4. The Morgan fingerprint density at radius 3 is 2.22 bits per heavy atom. The zero-order valence-corrected chi connectivity index (χ0v) is 29.6. The Balaban J connectivity index is 0.932. The third kappa shape index (κ3) is 10.4. The number of aryl methyl sites for hydroxylation is 2. The summed E-state index contributed by atoms with van der Waals surface area (Å²) in [4.78, 5) is 21.7. The van der Waals surface area contributed by atoms with Crippen LogP contribution >= 0.6 is 11.6 Å². The molecule has 9 heteroatoms. The second kappa shape index (κ2) is 17.2. The van der Waals surface area contributed by atoms with E-state index in [9.17, 15) is 9.18 Å². The highest BCUT2D eigenvalue weighted by Crippen LogP contribution is 2.31. The summed E-state index contributed by atoms with van der Waals surface area (Å²) in [6.45, 7) is 8.71. The van der Waals surface area contributed by atoms with E-state index in [0.29, 0.717) is 54.5 Å². The summed E-state index contributed by atoms with van der Waals surface area (Å²) in [5, 5.41) is 0.481. The van der Waals surface area contributed by atoms with Crippen LogP contribution in [0, 0.1) is 19.7 Å².